The standard InChI is InChI=1S/C13H11ClN4/c1-9-11-12(17-13(14)16-9)18(8-15-11)7-10-5-3-2-4-6-10/h2-6,8H,7H2,1H3. The molecule has 0 aliphatic carbocycles. The van der Waals surface area contributed by atoms with Crippen molar-refractivity contribution in [1.82, 2.24) is 19.5 Å². The highest BCUT2D eigenvalue weighted by atomic mass is 35.5. The van der Waals surface area contributed by atoms with Gasteiger partial charge < -0.3 is 4.57 Å². The minimum absolute atomic E-state index is 0.259. The van der Waals surface area contributed by atoms with Crippen LogP contribution in [0.15, 0.2) is 36.7 Å². The lowest BCUT2D eigenvalue weighted by Crippen LogP contribution is -2.00. The summed E-state index contributed by atoms with van der Waals surface area (Å²) in [6.07, 6.45) is 1.77. The highest BCUT2D eigenvalue weighted by Crippen LogP contribution is 2.17. The molecule has 0 radical (unpaired) electrons. The summed E-state index contributed by atoms with van der Waals surface area (Å²) in [6, 6.07) is 10.2. The molecule has 0 atom stereocenters. The quantitative estimate of drug-likeness (QED) is 0.664. The number of nitrogens with zero attached hydrogens (tertiary/aromatic N) is 4. The van der Waals surface area contributed by atoms with Gasteiger partial charge in [0.25, 0.3) is 0 Å². The van der Waals surface area contributed by atoms with Crippen LogP contribution in [-0.4, -0.2) is 19.5 Å². The highest BCUT2D eigenvalue weighted by Gasteiger charge is 2.09. The van der Waals surface area contributed by atoms with Crippen LogP contribution >= 0.6 is 11.6 Å². The molecular weight excluding hydrogens is 248 g/mol. The fourth-order valence-electron chi connectivity index (χ4n) is 1.95. The number of halogens is 1. The molecule has 0 bridgehead atoms. The van der Waals surface area contributed by atoms with E-state index in [1.807, 2.05) is 29.7 Å². The van der Waals surface area contributed by atoms with Gasteiger partial charge in [-0.1, -0.05) is 30.3 Å². The average molecular weight is 259 g/mol. The Bertz CT molecular complexity index is 691. The highest BCUT2D eigenvalue weighted by molar-refractivity contribution is 6.28. The van der Waals surface area contributed by atoms with Crippen molar-refractivity contribution in [2.75, 3.05) is 0 Å². The number of benzene rings is 1. The molecule has 0 spiro atoms. The van der Waals surface area contributed by atoms with Gasteiger partial charge in [0.15, 0.2) is 5.65 Å². The van der Waals surface area contributed by atoms with Gasteiger partial charge >= 0.3 is 0 Å². The number of fused-ring (bicyclic) bond motifs is 1. The van der Waals surface area contributed by atoms with Gasteiger partial charge in [-0.2, -0.15) is 4.98 Å². The Kier molecular flexibility index (Phi) is 2.72. The van der Waals surface area contributed by atoms with E-state index in [0.717, 1.165) is 23.4 Å². The predicted octanol–water partition coefficient (Wildman–Crippen LogP) is 2.84. The summed E-state index contributed by atoms with van der Waals surface area (Å²) < 4.78 is 1.98. The lowest BCUT2D eigenvalue weighted by Gasteiger charge is -2.04. The Morgan fingerprint density at radius 2 is 1.94 bits per heavy atom. The molecule has 90 valence electrons. The third-order valence-corrected chi connectivity index (χ3v) is 2.98. The maximum absolute atomic E-state index is 5.89. The molecule has 18 heavy (non-hydrogen) atoms. The second-order valence-electron chi connectivity index (χ2n) is 4.11. The average Bonchev–Trinajstić information content (AvgIpc) is 2.74. The van der Waals surface area contributed by atoms with E-state index < -0.39 is 0 Å². The molecule has 0 saturated carbocycles. The number of aryl methyl sites for hydroxylation is 1. The van der Waals surface area contributed by atoms with Gasteiger partial charge in [0, 0.05) is 0 Å². The predicted molar refractivity (Wildman–Crippen MR) is 70.6 cm³/mol. The fraction of sp³-hybridized carbons (Fsp3) is 0.154. The van der Waals surface area contributed by atoms with E-state index in [9.17, 15) is 0 Å². The lowest BCUT2D eigenvalue weighted by atomic mass is 10.2. The van der Waals surface area contributed by atoms with Gasteiger partial charge in [-0.15, -0.1) is 0 Å². The zero-order valence-electron chi connectivity index (χ0n) is 9.84. The molecule has 3 aromatic rings. The van der Waals surface area contributed by atoms with Crippen LogP contribution in [0.5, 0.6) is 0 Å². The van der Waals surface area contributed by atoms with Crippen molar-refractivity contribution in [1.29, 1.82) is 0 Å². The van der Waals surface area contributed by atoms with Crippen LogP contribution in [0.4, 0.5) is 0 Å². The molecule has 0 aliphatic heterocycles. The zero-order valence-corrected chi connectivity index (χ0v) is 10.6. The van der Waals surface area contributed by atoms with Crippen LogP contribution in [0.25, 0.3) is 11.2 Å². The van der Waals surface area contributed by atoms with E-state index in [1.54, 1.807) is 6.33 Å². The first-order valence-corrected chi connectivity index (χ1v) is 6.01. The number of imidazole rings is 1. The summed E-state index contributed by atoms with van der Waals surface area (Å²) in [4.78, 5) is 12.7. The van der Waals surface area contributed by atoms with Gasteiger partial charge in [0.05, 0.1) is 18.6 Å². The molecule has 0 aliphatic rings. The number of rotatable bonds is 2. The largest absolute Gasteiger partial charge is 0.311 e. The van der Waals surface area contributed by atoms with E-state index in [-0.39, 0.29) is 5.28 Å². The summed E-state index contributed by atoms with van der Waals surface area (Å²) in [5.41, 5.74) is 3.58. The Labute approximate surface area is 109 Å². The molecule has 0 saturated heterocycles. The maximum Gasteiger partial charge on any atom is 0.224 e. The second kappa shape index (κ2) is 4.38. The Balaban J connectivity index is 2.08. The van der Waals surface area contributed by atoms with Crippen LogP contribution in [0, 0.1) is 6.92 Å². The maximum atomic E-state index is 5.89. The molecule has 0 N–H and O–H groups in total. The third kappa shape index (κ3) is 1.95. The number of hydrogen-bond donors (Lipinski definition) is 0. The van der Waals surface area contributed by atoms with Crippen molar-refractivity contribution in [2.24, 2.45) is 0 Å². The molecule has 0 unspecified atom stereocenters. The van der Waals surface area contributed by atoms with Gasteiger partial charge in [-0.3, -0.25) is 0 Å². The van der Waals surface area contributed by atoms with Crippen molar-refractivity contribution in [3.05, 3.63) is 53.2 Å². The fourth-order valence-corrected chi connectivity index (χ4v) is 2.15. The van der Waals surface area contributed by atoms with Crippen LogP contribution in [0.1, 0.15) is 11.3 Å². The summed E-state index contributed by atoms with van der Waals surface area (Å²) in [5.74, 6) is 0. The third-order valence-electron chi connectivity index (χ3n) is 2.81. The minimum atomic E-state index is 0.259. The Morgan fingerprint density at radius 1 is 1.17 bits per heavy atom. The molecule has 0 amide bonds. The van der Waals surface area contributed by atoms with Crippen LogP contribution in [-0.2, 0) is 6.54 Å². The van der Waals surface area contributed by atoms with Crippen LogP contribution < -0.4 is 0 Å². The van der Waals surface area contributed by atoms with Crippen molar-refractivity contribution in [3.8, 4) is 0 Å². The van der Waals surface area contributed by atoms with E-state index in [4.69, 9.17) is 11.6 Å². The lowest BCUT2D eigenvalue weighted by molar-refractivity contribution is 0.813. The van der Waals surface area contributed by atoms with Crippen LogP contribution in [0.3, 0.4) is 0 Å². The van der Waals surface area contributed by atoms with Gasteiger partial charge in [-0.05, 0) is 24.1 Å². The smallest absolute Gasteiger partial charge is 0.224 e. The monoisotopic (exact) mass is 258 g/mol. The second-order valence-corrected chi connectivity index (χ2v) is 4.45. The molecule has 3 rings (SSSR count). The normalized spacial score (nSPS) is 11.0. The van der Waals surface area contributed by atoms with E-state index in [0.29, 0.717) is 0 Å². The molecule has 5 heteroatoms. The van der Waals surface area contributed by atoms with E-state index >= 15 is 0 Å². The summed E-state index contributed by atoms with van der Waals surface area (Å²) in [5, 5.41) is 0.259. The molecule has 0 fully saturated rings. The Hall–Kier alpha value is -1.94. The molecular formula is C13H11ClN4. The van der Waals surface area contributed by atoms with Gasteiger partial charge in [-0.25, -0.2) is 9.97 Å². The number of hydrogen-bond acceptors (Lipinski definition) is 3. The molecule has 4 nitrogen and oxygen atoms in total. The summed E-state index contributed by atoms with van der Waals surface area (Å²) >= 11 is 5.89. The zero-order chi connectivity index (χ0) is 12.5. The van der Waals surface area contributed by atoms with Crippen molar-refractivity contribution in [2.45, 2.75) is 13.5 Å². The first-order chi connectivity index (χ1) is 8.74. The van der Waals surface area contributed by atoms with Crippen molar-refractivity contribution < 1.29 is 0 Å². The topological polar surface area (TPSA) is 43.6 Å². The summed E-state index contributed by atoms with van der Waals surface area (Å²) in [6.45, 7) is 2.61. The molecule has 2 aromatic heterocycles. The van der Waals surface area contributed by atoms with E-state index in [2.05, 4.69) is 27.1 Å². The SMILES string of the molecule is Cc1nc(Cl)nc2c1ncn2Cc1ccccc1. The van der Waals surface area contributed by atoms with Crippen molar-refractivity contribution >= 4 is 22.8 Å². The minimum Gasteiger partial charge on any atom is -0.311 e. The van der Waals surface area contributed by atoms with Gasteiger partial charge in [0.2, 0.25) is 5.28 Å². The van der Waals surface area contributed by atoms with Gasteiger partial charge in [0.1, 0.15) is 5.52 Å². The summed E-state index contributed by atoms with van der Waals surface area (Å²) in [7, 11) is 0. The first kappa shape index (κ1) is 11.2. The van der Waals surface area contributed by atoms with Crippen LogP contribution in [0.2, 0.25) is 5.28 Å². The van der Waals surface area contributed by atoms with Crippen molar-refractivity contribution in [3.63, 3.8) is 0 Å². The molecule has 1 aromatic carbocycles. The molecule has 2 heterocycles. The Morgan fingerprint density at radius 3 is 2.72 bits per heavy atom. The first-order valence-electron chi connectivity index (χ1n) is 5.63. The number of aromatic nitrogens is 4. The van der Waals surface area contributed by atoms with E-state index in [1.165, 1.54) is 5.56 Å².